The van der Waals surface area contributed by atoms with Crippen LogP contribution in [0.4, 0.5) is 26.3 Å². The molecule has 0 unspecified atom stereocenters. The van der Waals surface area contributed by atoms with E-state index in [9.17, 15) is 26.3 Å². The molecule has 0 radical (unpaired) electrons. The van der Waals surface area contributed by atoms with Crippen molar-refractivity contribution in [2.24, 2.45) is 0 Å². The molecule has 0 saturated carbocycles. The molecular formula is C56H31F6IrN6OS3. The largest absolute Gasteiger partial charge is 3.00 e. The summed E-state index contributed by atoms with van der Waals surface area (Å²) in [6.45, 7) is 11.4. The molecule has 0 bridgehead atoms. The van der Waals surface area contributed by atoms with Crippen molar-refractivity contribution in [1.82, 2.24) is 30.6 Å². The monoisotopic (exact) mass is 1210 g/mol. The van der Waals surface area contributed by atoms with Gasteiger partial charge in [0, 0.05) is 11.1 Å². The Bertz CT molecular complexity index is 3920. The number of ether oxygens (including phenoxy) is 1. The fourth-order valence-corrected chi connectivity index (χ4v) is 9.44. The predicted octanol–water partition coefficient (Wildman–Crippen LogP) is 16.3. The number of hydrogen-bond acceptors (Lipinski definition) is 10. The zero-order chi connectivity index (χ0) is 50.3. The van der Waals surface area contributed by atoms with Crippen molar-refractivity contribution in [3.05, 3.63) is 206 Å². The Hall–Kier alpha value is -7.27. The molecule has 73 heavy (non-hydrogen) atoms. The molecule has 0 N–H and O–H groups in total. The van der Waals surface area contributed by atoms with Crippen LogP contribution in [0.2, 0.25) is 0 Å². The molecule has 4 heterocycles. The van der Waals surface area contributed by atoms with Crippen LogP contribution in [0.15, 0.2) is 164 Å². The minimum atomic E-state index is -5.01. The number of rotatable bonds is 5. The third kappa shape index (κ3) is 10.8. The molecule has 7 nitrogen and oxygen atoms in total. The number of alkyl halides is 6. The molecule has 0 spiro atoms. The van der Waals surface area contributed by atoms with Crippen LogP contribution in [0, 0.1) is 19.2 Å². The Morgan fingerprint density at radius 2 is 0.918 bits per heavy atom. The van der Waals surface area contributed by atoms with E-state index >= 15 is 0 Å². The normalized spacial score (nSPS) is 11.6. The van der Waals surface area contributed by atoms with Gasteiger partial charge in [0.2, 0.25) is 5.88 Å². The topological polar surface area (TPSA) is 86.6 Å². The van der Waals surface area contributed by atoms with Gasteiger partial charge in [0.05, 0.1) is 23.5 Å². The summed E-state index contributed by atoms with van der Waals surface area (Å²) >= 11 is 9.74. The average Bonchev–Trinajstić information content (AvgIpc) is 3.80. The number of hydrogen-bond donors (Lipinski definition) is 2. The summed E-state index contributed by atoms with van der Waals surface area (Å²) in [5.74, 6) is -0.875. The summed E-state index contributed by atoms with van der Waals surface area (Å²) in [6.07, 6.45) is -6.54. The van der Waals surface area contributed by atoms with Crippen LogP contribution in [0.1, 0.15) is 22.5 Å². The number of halogens is 6. The van der Waals surface area contributed by atoms with Gasteiger partial charge in [0.25, 0.3) is 0 Å². The predicted molar refractivity (Wildman–Crippen MR) is 281 cm³/mol. The molecule has 4 aromatic heterocycles. The van der Waals surface area contributed by atoms with Crippen LogP contribution >= 0.6 is 36.6 Å². The van der Waals surface area contributed by atoms with Crippen molar-refractivity contribution >= 4 is 121 Å². The van der Waals surface area contributed by atoms with E-state index in [0.717, 1.165) is 53.2 Å². The number of nitrogens with zero attached hydrogens (tertiary/aromatic N) is 6. The summed E-state index contributed by atoms with van der Waals surface area (Å²) in [5.41, 5.74) is -1.23. The maximum absolute atomic E-state index is 13.4. The van der Waals surface area contributed by atoms with E-state index in [1.807, 2.05) is 78.9 Å². The number of fused-ring (bicyclic) bond motifs is 7. The van der Waals surface area contributed by atoms with Crippen molar-refractivity contribution in [3.8, 4) is 22.2 Å². The Morgan fingerprint density at radius 3 is 1.37 bits per heavy atom. The van der Waals surface area contributed by atoms with Gasteiger partial charge in [-0.3, -0.25) is 13.2 Å². The number of thiophene rings is 1. The fourth-order valence-electron chi connectivity index (χ4n) is 8.10. The first-order chi connectivity index (χ1) is 34.6. The van der Waals surface area contributed by atoms with Crippen LogP contribution in [0.5, 0.6) is 11.6 Å². The minimum Gasteiger partial charge on any atom is -0.437 e. The summed E-state index contributed by atoms with van der Waals surface area (Å²) in [5, 5.41) is 36.4. The second-order valence-electron chi connectivity index (χ2n) is 16.2. The molecule has 8 aromatic carbocycles. The third-order valence-electron chi connectivity index (χ3n) is 11.5. The SMILES string of the molecule is FC(F)(F)c1cc(Oc2nnc(-c3[c-]c4ccccc4s3)c3cc4ccccc4cc23)cc(C(F)(F)F)c1.[CH-]=C(S)c1nncc2cc3ccccc3cc12.[CH-]=C(S)c1nncc2cc3ccccc3cc12.[Ir+3]. The summed E-state index contributed by atoms with van der Waals surface area (Å²) in [4.78, 5) is 1.46. The summed E-state index contributed by atoms with van der Waals surface area (Å²) < 4.78 is 86.8. The average molecular weight is 1210 g/mol. The first-order valence-electron chi connectivity index (χ1n) is 21.6. The molecule has 17 heteroatoms. The van der Waals surface area contributed by atoms with Crippen molar-refractivity contribution in [1.29, 1.82) is 0 Å². The molecule has 0 amide bonds. The molecule has 0 aliphatic carbocycles. The van der Waals surface area contributed by atoms with Crippen molar-refractivity contribution < 1.29 is 51.2 Å². The van der Waals surface area contributed by atoms with Gasteiger partial charge in [-0.2, -0.15) is 66.9 Å². The second-order valence-corrected chi connectivity index (χ2v) is 18.2. The van der Waals surface area contributed by atoms with Crippen LogP contribution in [0.25, 0.3) is 95.1 Å². The van der Waals surface area contributed by atoms with E-state index in [1.54, 1.807) is 18.5 Å². The van der Waals surface area contributed by atoms with E-state index in [2.05, 4.69) is 110 Å². The van der Waals surface area contributed by atoms with Gasteiger partial charge in [-0.1, -0.05) is 114 Å². The van der Waals surface area contributed by atoms with Crippen LogP contribution in [0.3, 0.4) is 0 Å². The molecule has 0 fully saturated rings. The molecule has 12 rings (SSSR count). The molecule has 360 valence electrons. The Kier molecular flexibility index (Phi) is 14.4. The van der Waals surface area contributed by atoms with Crippen LogP contribution in [-0.4, -0.2) is 30.6 Å². The summed E-state index contributed by atoms with van der Waals surface area (Å²) in [6, 6.07) is 47.6. The molecule has 0 atom stereocenters. The molecular weight excluding hydrogens is 1180 g/mol. The van der Waals surface area contributed by atoms with Crippen molar-refractivity contribution in [2.75, 3.05) is 0 Å². The van der Waals surface area contributed by atoms with Gasteiger partial charge < -0.3 is 4.74 Å². The smallest absolute Gasteiger partial charge is 0.437 e. The second kappa shape index (κ2) is 20.7. The summed E-state index contributed by atoms with van der Waals surface area (Å²) in [7, 11) is 0. The van der Waals surface area contributed by atoms with E-state index in [-0.39, 0.29) is 32.1 Å². The quantitative estimate of drug-likeness (QED) is 0.0768. The number of aromatic nitrogens is 6. The fraction of sp³-hybridized carbons (Fsp3) is 0.0357. The van der Waals surface area contributed by atoms with Gasteiger partial charge in [-0.25, -0.2) is 21.5 Å². The maximum Gasteiger partial charge on any atom is 3.00 e. The third-order valence-corrected chi connectivity index (χ3v) is 13.0. The van der Waals surface area contributed by atoms with Gasteiger partial charge in [0.15, 0.2) is 0 Å². The Morgan fingerprint density at radius 1 is 0.493 bits per heavy atom. The van der Waals surface area contributed by atoms with Crippen molar-refractivity contribution in [2.45, 2.75) is 12.4 Å². The van der Waals surface area contributed by atoms with Gasteiger partial charge in [-0.15, -0.1) is 38.5 Å². The van der Waals surface area contributed by atoms with Crippen LogP contribution in [-0.2, 0) is 32.5 Å². The number of thiol groups is 2. The van der Waals surface area contributed by atoms with Gasteiger partial charge >= 0.3 is 32.5 Å². The van der Waals surface area contributed by atoms with E-state index in [1.165, 1.54) is 22.1 Å². The molecule has 0 saturated heterocycles. The van der Waals surface area contributed by atoms with E-state index in [0.29, 0.717) is 54.7 Å². The van der Waals surface area contributed by atoms with Crippen LogP contribution < -0.4 is 4.74 Å². The molecule has 12 aromatic rings. The van der Waals surface area contributed by atoms with E-state index < -0.39 is 29.2 Å². The maximum atomic E-state index is 13.4. The van der Waals surface area contributed by atoms with Gasteiger partial charge in [0.1, 0.15) is 5.75 Å². The Labute approximate surface area is 440 Å². The van der Waals surface area contributed by atoms with Gasteiger partial charge in [-0.05, 0) is 106 Å². The minimum absolute atomic E-state index is 0. The Balaban J connectivity index is 0.000000154. The first kappa shape index (κ1) is 50.7. The molecule has 0 aliphatic rings. The van der Waals surface area contributed by atoms with E-state index in [4.69, 9.17) is 17.9 Å². The van der Waals surface area contributed by atoms with Crippen molar-refractivity contribution in [3.63, 3.8) is 0 Å². The zero-order valence-electron chi connectivity index (χ0n) is 37.2. The number of benzene rings is 8. The molecule has 0 aliphatic heterocycles. The first-order valence-corrected chi connectivity index (χ1v) is 23.3. The zero-order valence-corrected chi connectivity index (χ0v) is 42.2. The standard InChI is InChI=1S/C28H13F6N2OS.2C14H9N2S.Ir/c29-27(30,31)18-12-19(28(32,33)34)14-20(13-18)37-26-22-10-16-6-2-1-5-15(16)9-21(22)25(35-36-26)24-11-17-7-3-4-8-23(17)38-24;2*1-9(17)14-13-7-11-5-3-2-4-10(11)6-12(13)8-15-16-14;/h1-10,12-14H;2*1-8,17H;/q3*-1;+3.